The van der Waals surface area contributed by atoms with Crippen LogP contribution in [-0.4, -0.2) is 56.9 Å². The molecule has 11 heteroatoms. The van der Waals surface area contributed by atoms with Crippen LogP contribution < -0.4 is 9.21 Å². The summed E-state index contributed by atoms with van der Waals surface area (Å²) in [5.41, 5.74) is 1.78. The maximum atomic E-state index is 13.6. The molecule has 0 spiro atoms. The van der Waals surface area contributed by atoms with Gasteiger partial charge < -0.3 is 9.80 Å². The zero-order valence-electron chi connectivity index (χ0n) is 19.6. The zero-order valence-corrected chi connectivity index (χ0v) is 21.2. The van der Waals surface area contributed by atoms with Gasteiger partial charge >= 0.3 is 0 Å². The van der Waals surface area contributed by atoms with Crippen molar-refractivity contribution in [3.05, 3.63) is 93.5 Å². The topological polar surface area (TPSA) is 104 Å². The molecule has 0 saturated carbocycles. The van der Waals surface area contributed by atoms with E-state index in [9.17, 15) is 23.3 Å². The molecule has 4 rings (SSSR count). The number of carbonyl (C=O) groups is 1. The molecule has 9 nitrogen and oxygen atoms in total. The van der Waals surface area contributed by atoms with E-state index in [1.54, 1.807) is 35.2 Å². The van der Waals surface area contributed by atoms with E-state index in [4.69, 9.17) is 11.6 Å². The fourth-order valence-corrected chi connectivity index (χ4v) is 5.94. The van der Waals surface area contributed by atoms with Crippen LogP contribution in [0, 0.1) is 17.0 Å². The number of anilines is 2. The van der Waals surface area contributed by atoms with Gasteiger partial charge in [-0.2, -0.15) is 0 Å². The molecule has 1 fully saturated rings. The molecule has 0 N–H and O–H groups in total. The molecule has 1 heterocycles. The second kappa shape index (κ2) is 10.5. The number of benzene rings is 3. The standard InChI is InChI=1S/C25H25ClN4O5S/c1-19-11-12-20(26)17-23(19)27-13-15-28(16-14-27)25(31)18-29(21-7-3-2-4-8-21)36(34,35)24-10-6-5-9-22(24)30(32)33/h2-12,17H,13-16,18H2,1H3. The van der Waals surface area contributed by atoms with Gasteiger partial charge in [-0.05, 0) is 42.8 Å². The Bertz CT molecular complexity index is 1380. The van der Waals surface area contributed by atoms with Crippen LogP contribution in [-0.2, 0) is 14.8 Å². The van der Waals surface area contributed by atoms with E-state index in [1.807, 2.05) is 25.1 Å². The Balaban J connectivity index is 1.57. The SMILES string of the molecule is Cc1ccc(Cl)cc1N1CCN(C(=O)CN(c2ccccc2)S(=O)(=O)c2ccccc2[N+](=O)[O-])CC1. The van der Waals surface area contributed by atoms with E-state index in [0.29, 0.717) is 31.2 Å². The number of aryl methyl sites for hydroxylation is 1. The van der Waals surface area contributed by atoms with Gasteiger partial charge in [-0.3, -0.25) is 19.2 Å². The van der Waals surface area contributed by atoms with Gasteiger partial charge in [-0.25, -0.2) is 8.42 Å². The summed E-state index contributed by atoms with van der Waals surface area (Å²) >= 11 is 6.16. The van der Waals surface area contributed by atoms with Crippen molar-refractivity contribution in [2.75, 3.05) is 41.9 Å². The van der Waals surface area contributed by atoms with Crippen molar-refractivity contribution in [3.8, 4) is 0 Å². The summed E-state index contributed by atoms with van der Waals surface area (Å²) in [4.78, 5) is 27.4. The molecule has 36 heavy (non-hydrogen) atoms. The third kappa shape index (κ3) is 5.29. The lowest BCUT2D eigenvalue weighted by molar-refractivity contribution is -0.387. The second-order valence-corrected chi connectivity index (χ2v) is 10.6. The van der Waals surface area contributed by atoms with Gasteiger partial charge in [0.25, 0.3) is 15.7 Å². The number of nitro groups is 1. The van der Waals surface area contributed by atoms with Gasteiger partial charge in [0.15, 0.2) is 4.90 Å². The lowest BCUT2D eigenvalue weighted by atomic mass is 10.1. The van der Waals surface area contributed by atoms with Gasteiger partial charge in [-0.1, -0.05) is 48.0 Å². The smallest absolute Gasteiger partial charge is 0.289 e. The number of halogens is 1. The number of hydrogen-bond acceptors (Lipinski definition) is 6. The highest BCUT2D eigenvalue weighted by Gasteiger charge is 2.34. The predicted molar refractivity (Wildman–Crippen MR) is 139 cm³/mol. The summed E-state index contributed by atoms with van der Waals surface area (Å²) in [5.74, 6) is -0.386. The highest BCUT2D eigenvalue weighted by Crippen LogP contribution is 2.30. The largest absolute Gasteiger partial charge is 0.368 e. The average Bonchev–Trinajstić information content (AvgIpc) is 2.89. The number of amides is 1. The first-order valence-electron chi connectivity index (χ1n) is 11.3. The molecule has 1 aliphatic rings. The van der Waals surface area contributed by atoms with E-state index in [2.05, 4.69) is 4.90 Å². The van der Waals surface area contributed by atoms with Crippen LogP contribution in [0.25, 0.3) is 0 Å². The first-order chi connectivity index (χ1) is 17.2. The molecule has 1 saturated heterocycles. The monoisotopic (exact) mass is 528 g/mol. The number of sulfonamides is 1. The van der Waals surface area contributed by atoms with Gasteiger partial charge in [0, 0.05) is 43.0 Å². The van der Waals surface area contributed by atoms with Crippen molar-refractivity contribution in [2.45, 2.75) is 11.8 Å². The van der Waals surface area contributed by atoms with E-state index in [1.165, 1.54) is 18.2 Å². The number of rotatable bonds is 7. The van der Waals surface area contributed by atoms with E-state index >= 15 is 0 Å². The summed E-state index contributed by atoms with van der Waals surface area (Å²) in [5, 5.41) is 12.2. The van der Waals surface area contributed by atoms with Crippen molar-refractivity contribution in [1.82, 2.24) is 4.90 Å². The number of carbonyl (C=O) groups excluding carboxylic acids is 1. The van der Waals surface area contributed by atoms with Crippen LogP contribution in [0.15, 0.2) is 77.7 Å². The van der Waals surface area contributed by atoms with Crippen LogP contribution >= 0.6 is 11.6 Å². The first kappa shape index (κ1) is 25.5. The van der Waals surface area contributed by atoms with Gasteiger partial charge in [0.05, 0.1) is 10.6 Å². The Morgan fingerprint density at radius 3 is 2.31 bits per heavy atom. The molecular weight excluding hydrogens is 504 g/mol. The average molecular weight is 529 g/mol. The number of piperazine rings is 1. The Hall–Kier alpha value is -3.63. The quantitative estimate of drug-likeness (QED) is 0.338. The van der Waals surface area contributed by atoms with Crippen molar-refractivity contribution >= 4 is 44.6 Å². The van der Waals surface area contributed by atoms with E-state index in [0.717, 1.165) is 21.6 Å². The summed E-state index contributed by atoms with van der Waals surface area (Å²) in [6, 6.07) is 18.9. The maximum absolute atomic E-state index is 13.6. The van der Waals surface area contributed by atoms with Crippen LogP contribution in [0.2, 0.25) is 5.02 Å². The fourth-order valence-electron chi connectivity index (χ4n) is 4.20. The molecule has 0 aliphatic carbocycles. The Morgan fingerprint density at radius 1 is 1.00 bits per heavy atom. The lowest BCUT2D eigenvalue weighted by Gasteiger charge is -2.37. The van der Waals surface area contributed by atoms with Gasteiger partial charge in [-0.15, -0.1) is 0 Å². The predicted octanol–water partition coefficient (Wildman–Crippen LogP) is 4.10. The van der Waals surface area contributed by atoms with E-state index < -0.39 is 32.1 Å². The normalized spacial score (nSPS) is 13.9. The molecule has 0 atom stereocenters. The first-order valence-corrected chi connectivity index (χ1v) is 13.1. The third-order valence-corrected chi connectivity index (χ3v) is 8.15. The van der Waals surface area contributed by atoms with E-state index in [-0.39, 0.29) is 11.6 Å². The minimum Gasteiger partial charge on any atom is -0.368 e. The van der Waals surface area contributed by atoms with Crippen molar-refractivity contribution in [3.63, 3.8) is 0 Å². The molecule has 0 bridgehead atoms. The summed E-state index contributed by atoms with van der Waals surface area (Å²) in [7, 11) is -4.41. The molecule has 0 radical (unpaired) electrons. The molecule has 0 unspecified atom stereocenters. The highest BCUT2D eigenvalue weighted by molar-refractivity contribution is 7.93. The summed E-state index contributed by atoms with van der Waals surface area (Å²) in [6.07, 6.45) is 0. The van der Waals surface area contributed by atoms with Crippen LogP contribution in [0.4, 0.5) is 17.1 Å². The number of hydrogen-bond donors (Lipinski definition) is 0. The number of para-hydroxylation sites is 2. The lowest BCUT2D eigenvalue weighted by Crippen LogP contribution is -2.52. The number of nitrogens with zero attached hydrogens (tertiary/aromatic N) is 4. The Labute approximate surface area is 214 Å². The van der Waals surface area contributed by atoms with Crippen molar-refractivity contribution in [2.24, 2.45) is 0 Å². The summed E-state index contributed by atoms with van der Waals surface area (Å²) in [6.45, 7) is 3.45. The fraction of sp³-hybridized carbons (Fsp3) is 0.240. The molecule has 1 amide bonds. The van der Waals surface area contributed by atoms with Gasteiger partial charge in [0.2, 0.25) is 5.91 Å². The zero-order chi connectivity index (χ0) is 25.9. The van der Waals surface area contributed by atoms with Crippen LogP contribution in [0.5, 0.6) is 0 Å². The van der Waals surface area contributed by atoms with Crippen LogP contribution in [0.1, 0.15) is 5.56 Å². The maximum Gasteiger partial charge on any atom is 0.289 e. The molecule has 188 valence electrons. The molecule has 3 aromatic rings. The third-order valence-electron chi connectivity index (χ3n) is 6.10. The van der Waals surface area contributed by atoms with Crippen molar-refractivity contribution < 1.29 is 18.1 Å². The van der Waals surface area contributed by atoms with Crippen molar-refractivity contribution in [1.29, 1.82) is 0 Å². The summed E-state index contributed by atoms with van der Waals surface area (Å²) < 4.78 is 28.2. The number of nitro benzene ring substituents is 1. The van der Waals surface area contributed by atoms with Gasteiger partial charge in [0.1, 0.15) is 6.54 Å². The molecule has 1 aliphatic heterocycles. The molecule has 3 aromatic carbocycles. The second-order valence-electron chi connectivity index (χ2n) is 8.37. The highest BCUT2D eigenvalue weighted by atomic mass is 35.5. The molecule has 0 aromatic heterocycles. The Morgan fingerprint density at radius 2 is 1.64 bits per heavy atom. The minimum absolute atomic E-state index is 0.247. The molecular formula is C25H25ClN4O5S. The minimum atomic E-state index is -4.41. The van der Waals surface area contributed by atoms with Crippen LogP contribution in [0.3, 0.4) is 0 Å². The Kier molecular flexibility index (Phi) is 7.46.